The smallest absolute Gasteiger partial charge is 0.243 e. The number of fused-ring (bicyclic) bond motifs is 1. The Hall–Kier alpha value is -2.23. The minimum Gasteiger partial charge on any atom is -0.338 e. The lowest BCUT2D eigenvalue weighted by atomic mass is 9.94. The van der Waals surface area contributed by atoms with Crippen LogP contribution in [0.1, 0.15) is 24.0 Å². The average molecular weight is 463 g/mol. The largest absolute Gasteiger partial charge is 0.338 e. The number of sulfonamides is 1. The maximum absolute atomic E-state index is 13.0. The first-order valence-corrected chi connectivity index (χ1v) is 13.7. The van der Waals surface area contributed by atoms with Gasteiger partial charge in [-0.3, -0.25) is 4.79 Å². The fourth-order valence-corrected chi connectivity index (χ4v) is 6.56. The molecule has 0 saturated carbocycles. The first kappa shape index (κ1) is 22.0. The maximum atomic E-state index is 13.0. The Morgan fingerprint density at radius 1 is 0.871 bits per heavy atom. The second kappa shape index (κ2) is 8.37. The fourth-order valence-electron chi connectivity index (χ4n) is 4.30. The van der Waals surface area contributed by atoms with E-state index in [0.717, 1.165) is 12.7 Å². The lowest BCUT2D eigenvalue weighted by Crippen LogP contribution is -2.45. The Balaban J connectivity index is 1.42. The minimum absolute atomic E-state index is 0.0241. The minimum atomic E-state index is -3.81. The molecule has 0 radical (unpaired) electrons. The van der Waals surface area contributed by atoms with Gasteiger partial charge >= 0.3 is 0 Å². The van der Waals surface area contributed by atoms with Gasteiger partial charge in [0.25, 0.3) is 0 Å². The monoisotopic (exact) mass is 462 g/mol. The Morgan fingerprint density at radius 2 is 1.52 bits per heavy atom. The van der Waals surface area contributed by atoms with E-state index in [1.54, 1.807) is 0 Å². The van der Waals surface area contributed by atoms with Crippen molar-refractivity contribution in [2.45, 2.75) is 35.6 Å². The summed E-state index contributed by atoms with van der Waals surface area (Å²) >= 11 is 0. The molecule has 1 amide bonds. The summed E-state index contributed by atoms with van der Waals surface area (Å²) in [4.78, 5) is 14.9. The zero-order chi connectivity index (χ0) is 22.2. The first-order valence-electron chi connectivity index (χ1n) is 10.3. The molecule has 0 spiro atoms. The molecule has 4 rings (SSSR count). The van der Waals surface area contributed by atoms with Crippen LogP contribution in [-0.2, 0) is 37.6 Å². The third-order valence-electron chi connectivity index (χ3n) is 6.12. The summed E-state index contributed by atoms with van der Waals surface area (Å²) in [5.74, 6) is -0.107. The van der Waals surface area contributed by atoms with E-state index in [9.17, 15) is 21.6 Å². The molecule has 2 aromatic carbocycles. The Morgan fingerprint density at radius 3 is 2.19 bits per heavy atom. The molecule has 166 valence electrons. The number of hydrogen-bond donors (Lipinski definition) is 0. The van der Waals surface area contributed by atoms with Crippen molar-refractivity contribution in [1.82, 2.24) is 9.21 Å². The molecule has 7 nitrogen and oxygen atoms in total. The molecule has 2 aliphatic rings. The molecular formula is C22H26N2O5S2. The highest BCUT2D eigenvalue weighted by Gasteiger charge is 2.34. The molecule has 0 atom stereocenters. The van der Waals surface area contributed by atoms with E-state index in [2.05, 4.69) is 12.1 Å². The Kier molecular flexibility index (Phi) is 5.93. The van der Waals surface area contributed by atoms with Crippen LogP contribution < -0.4 is 0 Å². The average Bonchev–Trinajstić information content (AvgIpc) is 2.78. The van der Waals surface area contributed by atoms with Gasteiger partial charge in [0.1, 0.15) is 0 Å². The van der Waals surface area contributed by atoms with Gasteiger partial charge in [-0.2, -0.15) is 4.31 Å². The van der Waals surface area contributed by atoms with Gasteiger partial charge in [-0.05, 0) is 48.6 Å². The molecule has 1 fully saturated rings. The van der Waals surface area contributed by atoms with Crippen molar-refractivity contribution in [3.63, 3.8) is 0 Å². The standard InChI is InChI=1S/C22H26N2O5S2/c1-30(26,27)20-7-4-8-21(15-20)31(28,29)24-13-10-18(11-14-24)22(25)23-12-9-17-5-2-3-6-19(17)16-23/h2-8,15,18H,9-14,16H2,1H3. The lowest BCUT2D eigenvalue weighted by Gasteiger charge is -2.35. The third kappa shape index (κ3) is 4.53. The fraction of sp³-hybridized carbons (Fsp3) is 0.409. The summed E-state index contributed by atoms with van der Waals surface area (Å²) < 4.78 is 51.0. The molecular weight excluding hydrogens is 436 g/mol. The van der Waals surface area contributed by atoms with Crippen LogP contribution in [0.25, 0.3) is 0 Å². The van der Waals surface area contributed by atoms with Crippen LogP contribution in [0.5, 0.6) is 0 Å². The molecule has 0 unspecified atom stereocenters. The van der Waals surface area contributed by atoms with Crippen molar-refractivity contribution < 1.29 is 21.6 Å². The number of carbonyl (C=O) groups is 1. The normalized spacial score (nSPS) is 18.5. The van der Waals surface area contributed by atoms with Crippen LogP contribution in [0.2, 0.25) is 0 Å². The topological polar surface area (TPSA) is 91.8 Å². The van der Waals surface area contributed by atoms with Crippen LogP contribution in [0.15, 0.2) is 58.3 Å². The Labute approximate surface area is 183 Å². The van der Waals surface area contributed by atoms with E-state index < -0.39 is 19.9 Å². The summed E-state index contributed by atoms with van der Waals surface area (Å²) in [5, 5.41) is 0. The van der Waals surface area contributed by atoms with E-state index in [1.807, 2.05) is 17.0 Å². The molecule has 0 aromatic heterocycles. The van der Waals surface area contributed by atoms with Gasteiger partial charge in [0.2, 0.25) is 15.9 Å². The van der Waals surface area contributed by atoms with Crippen molar-refractivity contribution in [2.24, 2.45) is 5.92 Å². The Bertz CT molecular complexity index is 1200. The number of nitrogens with zero attached hydrogens (tertiary/aromatic N) is 2. The number of sulfone groups is 1. The lowest BCUT2D eigenvalue weighted by molar-refractivity contribution is -0.137. The number of amides is 1. The van der Waals surface area contributed by atoms with E-state index in [1.165, 1.54) is 39.7 Å². The van der Waals surface area contributed by atoms with Gasteiger partial charge in [0.05, 0.1) is 9.79 Å². The highest BCUT2D eigenvalue weighted by atomic mass is 32.2. The van der Waals surface area contributed by atoms with Gasteiger partial charge in [-0.1, -0.05) is 30.3 Å². The summed E-state index contributed by atoms with van der Waals surface area (Å²) in [7, 11) is -7.32. The van der Waals surface area contributed by atoms with E-state index in [-0.39, 0.29) is 34.7 Å². The second-order valence-electron chi connectivity index (χ2n) is 8.20. The molecule has 2 aromatic rings. The predicted octanol–water partition coefficient (Wildman–Crippen LogP) is 2.08. The molecule has 1 saturated heterocycles. The summed E-state index contributed by atoms with van der Waals surface area (Å²) in [6.07, 6.45) is 2.81. The van der Waals surface area contributed by atoms with Gasteiger partial charge in [0, 0.05) is 38.4 Å². The SMILES string of the molecule is CS(=O)(=O)c1cccc(S(=O)(=O)N2CCC(C(=O)N3CCc4ccccc4C3)CC2)c1. The quantitative estimate of drug-likeness (QED) is 0.694. The number of rotatable bonds is 4. The van der Waals surface area contributed by atoms with Crippen molar-refractivity contribution in [3.05, 3.63) is 59.7 Å². The summed E-state index contributed by atoms with van der Waals surface area (Å²) in [5.41, 5.74) is 2.46. The summed E-state index contributed by atoms with van der Waals surface area (Å²) in [6, 6.07) is 13.6. The van der Waals surface area contributed by atoms with Gasteiger partial charge < -0.3 is 4.90 Å². The van der Waals surface area contributed by atoms with Crippen molar-refractivity contribution >= 4 is 25.8 Å². The molecule has 0 bridgehead atoms. The summed E-state index contributed by atoms with van der Waals surface area (Å²) in [6.45, 7) is 1.77. The predicted molar refractivity (Wildman–Crippen MR) is 117 cm³/mol. The van der Waals surface area contributed by atoms with E-state index in [0.29, 0.717) is 25.9 Å². The van der Waals surface area contributed by atoms with Gasteiger partial charge in [-0.15, -0.1) is 0 Å². The van der Waals surface area contributed by atoms with E-state index in [4.69, 9.17) is 0 Å². The van der Waals surface area contributed by atoms with Crippen LogP contribution in [0.3, 0.4) is 0 Å². The van der Waals surface area contributed by atoms with Crippen molar-refractivity contribution in [1.29, 1.82) is 0 Å². The zero-order valence-electron chi connectivity index (χ0n) is 17.4. The number of benzene rings is 2. The molecule has 0 N–H and O–H groups in total. The van der Waals surface area contributed by atoms with E-state index >= 15 is 0 Å². The highest BCUT2D eigenvalue weighted by molar-refractivity contribution is 7.91. The molecule has 2 heterocycles. The highest BCUT2D eigenvalue weighted by Crippen LogP contribution is 2.28. The third-order valence-corrected chi connectivity index (χ3v) is 9.12. The zero-order valence-corrected chi connectivity index (χ0v) is 19.0. The van der Waals surface area contributed by atoms with Crippen LogP contribution in [-0.4, -0.2) is 57.8 Å². The molecule has 2 aliphatic heterocycles. The first-order chi connectivity index (χ1) is 14.7. The van der Waals surface area contributed by atoms with Gasteiger partial charge in [0.15, 0.2) is 9.84 Å². The molecule has 31 heavy (non-hydrogen) atoms. The maximum Gasteiger partial charge on any atom is 0.243 e. The van der Waals surface area contributed by atoms with Crippen LogP contribution in [0, 0.1) is 5.92 Å². The van der Waals surface area contributed by atoms with Crippen molar-refractivity contribution in [3.8, 4) is 0 Å². The number of piperidine rings is 1. The molecule has 9 heteroatoms. The number of hydrogen-bond acceptors (Lipinski definition) is 5. The molecule has 0 aliphatic carbocycles. The van der Waals surface area contributed by atoms with Crippen LogP contribution >= 0.6 is 0 Å². The van der Waals surface area contributed by atoms with Crippen LogP contribution in [0.4, 0.5) is 0 Å². The number of carbonyl (C=O) groups excluding carboxylic acids is 1. The van der Waals surface area contributed by atoms with Gasteiger partial charge in [-0.25, -0.2) is 16.8 Å². The second-order valence-corrected chi connectivity index (χ2v) is 12.2. The van der Waals surface area contributed by atoms with Crippen molar-refractivity contribution in [2.75, 3.05) is 25.9 Å².